The van der Waals surface area contributed by atoms with Gasteiger partial charge >= 0.3 is 5.97 Å². The van der Waals surface area contributed by atoms with Crippen LogP contribution in [0.5, 0.6) is 0 Å². The molecule has 10 heteroatoms. The molecule has 2 saturated heterocycles. The van der Waals surface area contributed by atoms with Gasteiger partial charge in [0.05, 0.1) is 31.5 Å². The lowest BCUT2D eigenvalue weighted by Crippen LogP contribution is -2.52. The van der Waals surface area contributed by atoms with Gasteiger partial charge in [0.25, 0.3) is 0 Å². The number of morpholine rings is 1. The molecule has 2 heterocycles. The Morgan fingerprint density at radius 1 is 1.35 bits per heavy atom. The molecule has 2 aliphatic heterocycles. The van der Waals surface area contributed by atoms with Crippen molar-refractivity contribution in [2.75, 3.05) is 52.3 Å². The molecule has 2 atom stereocenters. The number of aliphatic carboxylic acids is 1. The monoisotopic (exact) mass is 350 g/mol. The van der Waals surface area contributed by atoms with Crippen molar-refractivity contribution < 1.29 is 32.6 Å². The molecule has 2 rings (SSSR count). The SMILES string of the molecule is CS(=O)(=O)N(CC(=O)O)C[C@H]1CN(C(=O)[C@@H]2CCOC2)CCO1. The molecule has 0 spiro atoms. The maximum Gasteiger partial charge on any atom is 0.318 e. The lowest BCUT2D eigenvalue weighted by atomic mass is 10.1. The van der Waals surface area contributed by atoms with Crippen LogP contribution in [-0.4, -0.2) is 93.0 Å². The van der Waals surface area contributed by atoms with Gasteiger partial charge in [-0.25, -0.2) is 8.42 Å². The van der Waals surface area contributed by atoms with E-state index in [0.717, 1.165) is 10.6 Å². The number of nitrogens with zero attached hydrogens (tertiary/aromatic N) is 2. The van der Waals surface area contributed by atoms with Crippen LogP contribution in [0.1, 0.15) is 6.42 Å². The largest absolute Gasteiger partial charge is 0.480 e. The van der Waals surface area contributed by atoms with Crippen LogP contribution >= 0.6 is 0 Å². The summed E-state index contributed by atoms with van der Waals surface area (Å²) >= 11 is 0. The van der Waals surface area contributed by atoms with E-state index in [1.54, 1.807) is 4.90 Å². The molecule has 9 nitrogen and oxygen atoms in total. The summed E-state index contributed by atoms with van der Waals surface area (Å²) < 4.78 is 34.9. The van der Waals surface area contributed by atoms with Crippen molar-refractivity contribution in [2.24, 2.45) is 5.92 Å². The second kappa shape index (κ2) is 7.56. The first-order valence-electron chi connectivity index (χ1n) is 7.42. The van der Waals surface area contributed by atoms with E-state index in [1.165, 1.54) is 0 Å². The molecule has 0 aromatic heterocycles. The summed E-state index contributed by atoms with van der Waals surface area (Å²) in [6.45, 7) is 1.28. The van der Waals surface area contributed by atoms with E-state index in [0.29, 0.717) is 32.8 Å². The first-order valence-corrected chi connectivity index (χ1v) is 9.27. The number of ether oxygens (including phenoxy) is 2. The third-order valence-corrected chi connectivity index (χ3v) is 5.13. The zero-order valence-electron chi connectivity index (χ0n) is 13.0. The molecule has 0 radical (unpaired) electrons. The van der Waals surface area contributed by atoms with Crippen LogP contribution < -0.4 is 0 Å². The standard InChI is InChI=1S/C13H22N2O7S/c1-23(19,20)15(8-12(16)17)7-11-6-14(3-5-22-11)13(18)10-2-4-21-9-10/h10-11H,2-9H2,1H3,(H,16,17)/t10-,11-/m1/s1. The van der Waals surface area contributed by atoms with Gasteiger partial charge in [0.1, 0.15) is 6.54 Å². The molecule has 0 unspecified atom stereocenters. The van der Waals surface area contributed by atoms with Gasteiger partial charge in [-0.3, -0.25) is 9.59 Å². The molecular formula is C13H22N2O7S. The van der Waals surface area contributed by atoms with Crippen LogP contribution in [0, 0.1) is 5.92 Å². The maximum absolute atomic E-state index is 12.4. The number of sulfonamides is 1. The summed E-state index contributed by atoms with van der Waals surface area (Å²) in [5, 5.41) is 8.84. The van der Waals surface area contributed by atoms with E-state index in [-0.39, 0.29) is 24.9 Å². The minimum atomic E-state index is -3.66. The number of amides is 1. The van der Waals surface area contributed by atoms with Gasteiger partial charge in [-0.2, -0.15) is 4.31 Å². The Hall–Kier alpha value is -1.23. The number of carboxylic acid groups (broad SMARTS) is 1. The number of hydrogen-bond donors (Lipinski definition) is 1. The lowest BCUT2D eigenvalue weighted by molar-refractivity contribution is -0.144. The van der Waals surface area contributed by atoms with E-state index >= 15 is 0 Å². The summed E-state index contributed by atoms with van der Waals surface area (Å²) in [4.78, 5) is 24.8. The fourth-order valence-corrected chi connectivity index (χ4v) is 3.49. The third kappa shape index (κ3) is 5.13. The van der Waals surface area contributed by atoms with Gasteiger partial charge in [0.2, 0.25) is 15.9 Å². The van der Waals surface area contributed by atoms with E-state index in [9.17, 15) is 18.0 Å². The van der Waals surface area contributed by atoms with Gasteiger partial charge < -0.3 is 19.5 Å². The quantitative estimate of drug-likeness (QED) is 0.626. The predicted octanol–water partition coefficient (Wildman–Crippen LogP) is -1.40. The molecule has 2 fully saturated rings. The maximum atomic E-state index is 12.4. The highest BCUT2D eigenvalue weighted by molar-refractivity contribution is 7.88. The average molecular weight is 350 g/mol. The van der Waals surface area contributed by atoms with E-state index < -0.39 is 28.6 Å². The van der Waals surface area contributed by atoms with Gasteiger partial charge in [-0.1, -0.05) is 0 Å². The minimum absolute atomic E-state index is 0.0139. The summed E-state index contributed by atoms with van der Waals surface area (Å²) in [6.07, 6.45) is 1.11. The summed E-state index contributed by atoms with van der Waals surface area (Å²) in [5.41, 5.74) is 0. The van der Waals surface area contributed by atoms with Crippen molar-refractivity contribution in [3.8, 4) is 0 Å². The fraction of sp³-hybridized carbons (Fsp3) is 0.846. The van der Waals surface area contributed by atoms with Crippen molar-refractivity contribution in [3.63, 3.8) is 0 Å². The van der Waals surface area contributed by atoms with Crippen LogP contribution in [0.15, 0.2) is 0 Å². The van der Waals surface area contributed by atoms with E-state index in [2.05, 4.69) is 0 Å². The van der Waals surface area contributed by atoms with Crippen molar-refractivity contribution in [1.29, 1.82) is 0 Å². The molecule has 1 N–H and O–H groups in total. The molecule has 23 heavy (non-hydrogen) atoms. The third-order valence-electron chi connectivity index (χ3n) is 3.92. The second-order valence-corrected chi connectivity index (χ2v) is 7.77. The Balaban J connectivity index is 1.96. The fourth-order valence-electron chi connectivity index (χ4n) is 2.71. The molecular weight excluding hydrogens is 328 g/mol. The topological polar surface area (TPSA) is 113 Å². The summed E-state index contributed by atoms with van der Waals surface area (Å²) in [5.74, 6) is -1.40. The predicted molar refractivity (Wildman–Crippen MR) is 79.3 cm³/mol. The molecule has 1 amide bonds. The highest BCUT2D eigenvalue weighted by Gasteiger charge is 2.33. The highest BCUT2D eigenvalue weighted by Crippen LogP contribution is 2.18. The Kier molecular flexibility index (Phi) is 5.95. The molecule has 132 valence electrons. The molecule has 0 saturated carbocycles. The molecule has 0 aromatic carbocycles. The van der Waals surface area contributed by atoms with Gasteiger partial charge in [-0.15, -0.1) is 0 Å². The Labute approximate surface area is 135 Å². The Morgan fingerprint density at radius 2 is 2.09 bits per heavy atom. The van der Waals surface area contributed by atoms with Crippen LogP contribution in [0.2, 0.25) is 0 Å². The average Bonchev–Trinajstić information content (AvgIpc) is 2.99. The summed E-state index contributed by atoms with van der Waals surface area (Å²) in [6, 6.07) is 0. The smallest absolute Gasteiger partial charge is 0.318 e. The molecule has 2 aliphatic rings. The summed E-state index contributed by atoms with van der Waals surface area (Å²) in [7, 11) is -3.66. The van der Waals surface area contributed by atoms with Crippen molar-refractivity contribution in [1.82, 2.24) is 9.21 Å². The van der Waals surface area contributed by atoms with Gasteiger partial charge in [0.15, 0.2) is 0 Å². The van der Waals surface area contributed by atoms with E-state index in [1.807, 2.05) is 0 Å². The normalized spacial score (nSPS) is 25.7. The zero-order valence-corrected chi connectivity index (χ0v) is 13.8. The lowest BCUT2D eigenvalue weighted by Gasteiger charge is -2.35. The first-order chi connectivity index (χ1) is 10.8. The number of carboxylic acids is 1. The van der Waals surface area contributed by atoms with Gasteiger partial charge in [-0.05, 0) is 6.42 Å². The van der Waals surface area contributed by atoms with Crippen molar-refractivity contribution in [2.45, 2.75) is 12.5 Å². The highest BCUT2D eigenvalue weighted by atomic mass is 32.2. The zero-order chi connectivity index (χ0) is 17.0. The van der Waals surface area contributed by atoms with Crippen LogP contribution in [-0.2, 0) is 29.1 Å². The van der Waals surface area contributed by atoms with Crippen molar-refractivity contribution in [3.05, 3.63) is 0 Å². The van der Waals surface area contributed by atoms with E-state index in [4.69, 9.17) is 14.6 Å². The van der Waals surface area contributed by atoms with Crippen LogP contribution in [0.4, 0.5) is 0 Å². The molecule has 0 aromatic rings. The first kappa shape index (κ1) is 18.1. The van der Waals surface area contributed by atoms with Crippen LogP contribution in [0.3, 0.4) is 0 Å². The van der Waals surface area contributed by atoms with Crippen LogP contribution in [0.25, 0.3) is 0 Å². The Bertz CT molecular complexity index is 545. The number of rotatable bonds is 6. The minimum Gasteiger partial charge on any atom is -0.480 e. The Morgan fingerprint density at radius 3 is 2.65 bits per heavy atom. The number of hydrogen-bond acceptors (Lipinski definition) is 6. The second-order valence-electron chi connectivity index (χ2n) is 5.79. The number of carbonyl (C=O) groups excluding carboxylic acids is 1. The van der Waals surface area contributed by atoms with Crippen molar-refractivity contribution >= 4 is 21.9 Å². The number of carbonyl (C=O) groups is 2. The van der Waals surface area contributed by atoms with Gasteiger partial charge in [0, 0.05) is 26.2 Å². The molecule has 0 bridgehead atoms. The molecule has 0 aliphatic carbocycles.